The van der Waals surface area contributed by atoms with E-state index in [1.165, 1.54) is 71.9 Å². The zero-order valence-electron chi connectivity index (χ0n) is 59.1. The van der Waals surface area contributed by atoms with Crippen molar-refractivity contribution in [1.82, 2.24) is 19.8 Å². The molecule has 2 atom stereocenters. The lowest BCUT2D eigenvalue weighted by Crippen LogP contribution is -2.42. The molecule has 15 rings (SSSR count). The molecule has 0 spiro atoms. The maximum atomic E-state index is 12.5. The first-order chi connectivity index (χ1) is 48.8. The number of pyridine rings is 2. The number of aromatic nitrogens is 2. The van der Waals surface area contributed by atoms with E-state index in [-0.39, 0.29) is 29.7 Å². The number of hydrogen-bond acceptors (Lipinski definition) is 11. The molecule has 0 unspecified atom stereocenters. The number of carbonyl (C=O) groups excluding carboxylic acids is 2. The number of ether oxygens (including phenoxy) is 5. The topological polar surface area (TPSA) is 128 Å². The number of carbonyl (C=O) groups is 2. The van der Waals surface area contributed by atoms with Crippen LogP contribution in [0.4, 0.5) is 26.7 Å². The van der Waals surface area contributed by atoms with Crippen molar-refractivity contribution < 1.29 is 33.3 Å². The summed E-state index contributed by atoms with van der Waals surface area (Å²) in [4.78, 5) is 38.9. The van der Waals surface area contributed by atoms with Crippen LogP contribution in [0.15, 0.2) is 248 Å². The summed E-state index contributed by atoms with van der Waals surface area (Å²) in [6.45, 7) is 20.4. The maximum Gasteiger partial charge on any atom is 0.410 e. The molecule has 2 fully saturated rings. The number of rotatable bonds is 13. The highest BCUT2D eigenvalue weighted by Gasteiger charge is 2.40. The molecule has 0 radical (unpaired) electrons. The van der Waals surface area contributed by atoms with Gasteiger partial charge in [0.25, 0.3) is 0 Å². The Bertz CT molecular complexity index is 4170. The number of likely N-dealkylation sites (tertiary alicyclic amines) is 2. The van der Waals surface area contributed by atoms with Gasteiger partial charge in [0.15, 0.2) is 0 Å². The average molecular weight is 1450 g/mol. The Morgan fingerprint density at radius 3 is 1.45 bits per heavy atom. The number of hydrogen-bond donors (Lipinski definition) is 1. The average Bonchev–Trinajstić information content (AvgIpc) is 1.68. The van der Waals surface area contributed by atoms with Crippen LogP contribution in [0.1, 0.15) is 103 Å². The van der Waals surface area contributed by atoms with E-state index in [0.29, 0.717) is 25.5 Å². The van der Waals surface area contributed by atoms with E-state index in [1.54, 1.807) is 28.4 Å². The first kappa shape index (κ1) is 71.8. The van der Waals surface area contributed by atoms with Crippen molar-refractivity contribution in [3.05, 3.63) is 270 Å². The minimum atomic E-state index is -0.824. The fraction of sp³-hybridized carbons (Fsp3) is 0.294. The molecule has 16 heteroatoms. The summed E-state index contributed by atoms with van der Waals surface area (Å²) in [5.74, 6) is 3.44. The van der Waals surface area contributed by atoms with Gasteiger partial charge in [0.05, 0.1) is 36.4 Å². The Hall–Kier alpha value is -9.06. The van der Waals surface area contributed by atoms with Gasteiger partial charge in [-0.25, -0.2) is 9.59 Å². The summed E-state index contributed by atoms with van der Waals surface area (Å²) >= 11 is 3.36. The first-order valence-electron chi connectivity index (χ1n) is 35.1. The van der Waals surface area contributed by atoms with Crippen LogP contribution in [0.3, 0.4) is 0 Å². The molecule has 101 heavy (non-hydrogen) atoms. The van der Waals surface area contributed by atoms with Crippen molar-refractivity contribution in [2.75, 3.05) is 49.6 Å². The lowest BCUT2D eigenvalue weighted by molar-refractivity contribution is 0.0177. The van der Waals surface area contributed by atoms with E-state index in [4.69, 9.17) is 23.7 Å². The molecule has 2 amide bonds. The highest BCUT2D eigenvalue weighted by Crippen LogP contribution is 2.52. The largest absolute Gasteiger partial charge is 0.490 e. The highest BCUT2D eigenvalue weighted by atomic mass is 79.9. The normalized spacial score (nSPS) is 16.1. The molecule has 10 aromatic rings. The van der Waals surface area contributed by atoms with Gasteiger partial charge in [0.1, 0.15) is 47.4 Å². The Morgan fingerprint density at radius 1 is 0.525 bits per heavy atom. The van der Waals surface area contributed by atoms with E-state index >= 15 is 0 Å². The lowest BCUT2D eigenvalue weighted by Gasteiger charge is -2.38. The molecule has 0 bridgehead atoms. The molecule has 13 nitrogen and oxygen atoms in total. The lowest BCUT2D eigenvalue weighted by atomic mass is 9.76. The Morgan fingerprint density at radius 2 is 0.970 bits per heavy atom. The van der Waals surface area contributed by atoms with Gasteiger partial charge >= 0.3 is 12.2 Å². The van der Waals surface area contributed by atoms with Crippen LogP contribution in [0.5, 0.6) is 23.0 Å². The van der Waals surface area contributed by atoms with E-state index in [2.05, 4.69) is 256 Å². The number of nitrogens with zero attached hydrogens (tertiary/aromatic N) is 5. The Kier molecular flexibility index (Phi) is 23.2. The van der Waals surface area contributed by atoms with Crippen LogP contribution in [-0.2, 0) is 27.7 Å². The van der Waals surface area contributed by atoms with E-state index in [1.807, 2.05) is 59.9 Å². The minimum Gasteiger partial charge on any atom is -0.490 e. The number of amides is 2. The minimum absolute atomic E-state index is 0.0287. The van der Waals surface area contributed by atoms with Crippen LogP contribution in [0.2, 0.25) is 0 Å². The molecular weight excluding hydrogens is 1360 g/mol. The van der Waals surface area contributed by atoms with Gasteiger partial charge in [-0.05, 0) is 162 Å². The second kappa shape index (κ2) is 32.7. The van der Waals surface area contributed by atoms with Crippen LogP contribution < -0.4 is 56.3 Å². The van der Waals surface area contributed by atoms with Gasteiger partial charge in [-0.1, -0.05) is 208 Å². The van der Waals surface area contributed by atoms with Gasteiger partial charge in [0, 0.05) is 81.4 Å². The molecule has 7 heterocycles. The number of nitrogens with one attached hydrogen (secondary N) is 1. The number of para-hydroxylation sites is 4. The van der Waals surface area contributed by atoms with Crippen LogP contribution >= 0.6 is 31.8 Å². The van der Waals surface area contributed by atoms with Crippen molar-refractivity contribution in [3.8, 4) is 23.0 Å². The molecule has 0 aliphatic carbocycles. The molecule has 2 saturated heterocycles. The molecule has 8 aromatic carbocycles. The van der Waals surface area contributed by atoms with Crippen LogP contribution in [0.25, 0.3) is 0 Å². The van der Waals surface area contributed by atoms with Gasteiger partial charge in [-0.3, -0.25) is 9.97 Å². The SMILES string of the molecule is CC(C)(C)OC(=O)N1CCC[C@H]1COc1cncc(Br)c1.CC(C)(C)OC(=O)N1CCC[C@H]1COc1cncc(N2CCc3ccccc32)c1.CC1(C)c2cccc(P(c3ccccc3)c3ccccc3)c2Oc2c(P(c3ccccc3)c3ccccc3)cccc21.c1ccc2c(c1)CCN2. The van der Waals surface area contributed by atoms with Crippen molar-refractivity contribution in [2.24, 2.45) is 0 Å². The zero-order valence-corrected chi connectivity index (χ0v) is 62.5. The van der Waals surface area contributed by atoms with Crippen LogP contribution in [-0.4, -0.2) is 94.6 Å². The van der Waals surface area contributed by atoms with Crippen molar-refractivity contribution >= 4 is 92.8 Å². The summed E-state index contributed by atoms with van der Waals surface area (Å²) in [5, 5.41) is 11.1. The van der Waals surface area contributed by atoms with Crippen LogP contribution in [0, 0.1) is 0 Å². The van der Waals surface area contributed by atoms with Crippen molar-refractivity contribution in [2.45, 2.75) is 123 Å². The van der Waals surface area contributed by atoms with Gasteiger partial charge in [-0.15, -0.1) is 0 Å². The molecule has 0 saturated carbocycles. The summed E-state index contributed by atoms with van der Waals surface area (Å²) in [6, 6.07) is 78.1. The second-order valence-corrected chi connectivity index (χ2v) is 33.5. The van der Waals surface area contributed by atoms with Crippen molar-refractivity contribution in [3.63, 3.8) is 0 Å². The smallest absolute Gasteiger partial charge is 0.410 e. The number of fused-ring (bicyclic) bond motifs is 4. The third-order valence-electron chi connectivity index (χ3n) is 18.3. The maximum absolute atomic E-state index is 12.5. The number of anilines is 3. The summed E-state index contributed by atoms with van der Waals surface area (Å²) in [7, 11) is -1.65. The molecule has 2 aromatic heterocycles. The van der Waals surface area contributed by atoms with E-state index in [9.17, 15) is 9.59 Å². The second-order valence-electron chi connectivity index (χ2n) is 28.2. The molecule has 1 N–H and O–H groups in total. The predicted molar refractivity (Wildman–Crippen MR) is 417 cm³/mol. The van der Waals surface area contributed by atoms with Crippen molar-refractivity contribution in [1.29, 1.82) is 0 Å². The fourth-order valence-electron chi connectivity index (χ4n) is 13.5. The molecule has 5 aliphatic heterocycles. The summed E-state index contributed by atoms with van der Waals surface area (Å²) < 4.78 is 30.9. The van der Waals surface area contributed by atoms with E-state index in [0.717, 1.165) is 79.1 Å². The quantitative estimate of drug-likeness (QED) is 0.111. The Labute approximate surface area is 607 Å². The predicted octanol–water partition coefficient (Wildman–Crippen LogP) is 17.5. The fourth-order valence-corrected chi connectivity index (χ4v) is 18.6. The van der Waals surface area contributed by atoms with Gasteiger partial charge < -0.3 is 43.7 Å². The van der Waals surface area contributed by atoms with Gasteiger partial charge in [0.2, 0.25) is 0 Å². The number of benzene rings is 8. The molecule has 5 aliphatic rings. The summed E-state index contributed by atoms with van der Waals surface area (Å²) in [5.41, 5.74) is 7.70. The highest BCUT2D eigenvalue weighted by molar-refractivity contribution is 9.10. The third-order valence-corrected chi connectivity index (χ3v) is 23.6. The number of halogens is 1. The standard InChI is InChI=1S/C39H32OP2.C23H29N3O3.C15H21BrN2O3.C8H9N/c1-39(2)33-25-15-27-35(41(29-17-7-3-8-18-29)30-19-9-4-10-20-30)37(33)40-38-34(39)26-16-28-36(38)42(31-21-11-5-12-22-31)32-23-13-6-14-24-32;1-23(2,3)29-22(27)26-11-6-8-18(26)16-28-20-13-19(14-24-15-20)25-12-10-17-7-4-5-9-21(17)25;1-15(2,3)21-14(19)18-6-4-5-12(18)10-20-13-7-11(16)8-17-9-13;1-2-4-8-7(3-1)5-6-9-8/h3-28H,1-2H3;4-5,7,9,13-15,18H,6,8,10-12,16H2,1-3H3;7-9,12H,4-6,10H2,1-3H3;1-4,9H,5-6H2/t;18-;12-;/m.00./s1. The van der Waals surface area contributed by atoms with Gasteiger partial charge in [-0.2, -0.15) is 0 Å². The molecular formula is C85H91BrN6O7P2. The Balaban J connectivity index is 0.000000141. The zero-order chi connectivity index (χ0) is 70.5. The third kappa shape index (κ3) is 18.0. The molecule has 520 valence electrons. The first-order valence-corrected chi connectivity index (χ1v) is 38.6. The monoisotopic (exact) mass is 1450 g/mol. The van der Waals surface area contributed by atoms with E-state index < -0.39 is 27.0 Å². The summed E-state index contributed by atoms with van der Waals surface area (Å²) in [6.07, 6.45) is 12.5.